The topological polar surface area (TPSA) is 34.1 Å². The number of rotatable bonds is 5. The number of nitrogens with zero attached hydrogens (tertiary/aromatic N) is 1. The highest BCUT2D eigenvalue weighted by atomic mass is 32.1. The third-order valence-corrected chi connectivity index (χ3v) is 3.18. The van der Waals surface area contributed by atoms with Gasteiger partial charge in [0.1, 0.15) is 10.8 Å². The van der Waals surface area contributed by atoms with Crippen molar-refractivity contribution in [2.24, 2.45) is 0 Å². The van der Waals surface area contributed by atoms with Crippen LogP contribution in [0, 0.1) is 0 Å². The minimum Gasteiger partial charge on any atom is -0.435 e. The zero-order valence-corrected chi connectivity index (χ0v) is 10.5. The van der Waals surface area contributed by atoms with Gasteiger partial charge in [-0.2, -0.15) is 8.78 Å². The highest BCUT2D eigenvalue weighted by molar-refractivity contribution is 7.13. The molecular weight excluding hydrogens is 258 g/mol. The van der Waals surface area contributed by atoms with Crippen molar-refractivity contribution < 1.29 is 13.5 Å². The van der Waals surface area contributed by atoms with Crippen LogP contribution in [0.15, 0.2) is 29.6 Å². The second kappa shape index (κ2) is 5.88. The molecule has 0 aliphatic heterocycles. The lowest BCUT2D eigenvalue weighted by molar-refractivity contribution is -0.0498. The summed E-state index contributed by atoms with van der Waals surface area (Å²) in [6, 6.07) is 6.47. The van der Waals surface area contributed by atoms with Crippen LogP contribution in [0.25, 0.3) is 10.6 Å². The van der Waals surface area contributed by atoms with Crippen LogP contribution in [0.1, 0.15) is 5.69 Å². The maximum absolute atomic E-state index is 12.0. The van der Waals surface area contributed by atoms with E-state index < -0.39 is 6.61 Å². The van der Waals surface area contributed by atoms with Crippen molar-refractivity contribution in [2.45, 2.75) is 13.2 Å². The predicted octanol–water partition coefficient (Wildman–Crippen LogP) is 3.13. The van der Waals surface area contributed by atoms with E-state index in [0.717, 1.165) is 16.3 Å². The van der Waals surface area contributed by atoms with Crippen molar-refractivity contribution in [3.63, 3.8) is 0 Å². The Morgan fingerprint density at radius 2 is 2.06 bits per heavy atom. The van der Waals surface area contributed by atoms with Crippen molar-refractivity contribution >= 4 is 11.3 Å². The lowest BCUT2D eigenvalue weighted by Crippen LogP contribution is -2.04. The molecule has 0 amide bonds. The first kappa shape index (κ1) is 12.9. The molecule has 96 valence electrons. The number of nitrogens with one attached hydrogen (secondary N) is 1. The van der Waals surface area contributed by atoms with Crippen molar-refractivity contribution in [1.82, 2.24) is 10.3 Å². The van der Waals surface area contributed by atoms with E-state index in [2.05, 4.69) is 15.0 Å². The van der Waals surface area contributed by atoms with E-state index in [9.17, 15) is 8.78 Å². The molecule has 1 N–H and O–H groups in total. The maximum atomic E-state index is 12.0. The standard InChI is InChI=1S/C12H12F2N2OS/c1-15-6-9-7-18-11(16-9)8-2-4-10(5-3-8)17-12(13)14/h2-5,7,12,15H,6H2,1H3. The minimum atomic E-state index is -2.79. The first-order valence-corrected chi connectivity index (χ1v) is 6.21. The fourth-order valence-electron chi connectivity index (χ4n) is 1.48. The van der Waals surface area contributed by atoms with Gasteiger partial charge in [-0.05, 0) is 31.3 Å². The van der Waals surface area contributed by atoms with Gasteiger partial charge in [0.05, 0.1) is 5.69 Å². The fraction of sp³-hybridized carbons (Fsp3) is 0.250. The molecule has 1 aromatic heterocycles. The molecule has 0 atom stereocenters. The number of halogens is 2. The van der Waals surface area contributed by atoms with Crippen molar-refractivity contribution in [3.05, 3.63) is 35.3 Å². The van der Waals surface area contributed by atoms with Crippen LogP contribution in [0.4, 0.5) is 8.78 Å². The smallest absolute Gasteiger partial charge is 0.387 e. The van der Waals surface area contributed by atoms with Crippen LogP contribution >= 0.6 is 11.3 Å². The van der Waals surface area contributed by atoms with Crippen LogP contribution in [0.3, 0.4) is 0 Å². The SMILES string of the molecule is CNCc1csc(-c2ccc(OC(F)F)cc2)n1. The predicted molar refractivity (Wildman–Crippen MR) is 66.9 cm³/mol. The van der Waals surface area contributed by atoms with Crippen molar-refractivity contribution in [1.29, 1.82) is 0 Å². The van der Waals surface area contributed by atoms with Crippen molar-refractivity contribution in [3.8, 4) is 16.3 Å². The van der Waals surface area contributed by atoms with Gasteiger partial charge in [-0.3, -0.25) is 0 Å². The molecule has 0 unspecified atom stereocenters. The largest absolute Gasteiger partial charge is 0.435 e. The van der Waals surface area contributed by atoms with Gasteiger partial charge in [0.2, 0.25) is 0 Å². The summed E-state index contributed by atoms with van der Waals surface area (Å²) in [7, 11) is 1.86. The van der Waals surface area contributed by atoms with Gasteiger partial charge in [-0.15, -0.1) is 11.3 Å². The fourth-order valence-corrected chi connectivity index (χ4v) is 2.31. The molecule has 2 rings (SSSR count). The molecule has 0 spiro atoms. The second-order valence-corrected chi connectivity index (χ2v) is 4.44. The van der Waals surface area contributed by atoms with Gasteiger partial charge in [0, 0.05) is 17.5 Å². The molecule has 0 aliphatic rings. The molecule has 0 aliphatic carbocycles. The highest BCUT2D eigenvalue weighted by Gasteiger charge is 2.07. The summed E-state index contributed by atoms with van der Waals surface area (Å²) in [5.41, 5.74) is 1.86. The highest BCUT2D eigenvalue weighted by Crippen LogP contribution is 2.26. The third-order valence-electron chi connectivity index (χ3n) is 2.24. The first-order chi connectivity index (χ1) is 8.69. The molecule has 0 radical (unpaired) electrons. The van der Waals surface area contributed by atoms with E-state index >= 15 is 0 Å². The minimum absolute atomic E-state index is 0.153. The van der Waals surface area contributed by atoms with Crippen LogP contribution in [0.5, 0.6) is 5.75 Å². The Morgan fingerprint density at radius 3 is 2.67 bits per heavy atom. The van der Waals surface area contributed by atoms with Crippen molar-refractivity contribution in [2.75, 3.05) is 7.05 Å². The van der Waals surface area contributed by atoms with E-state index in [4.69, 9.17) is 0 Å². The molecule has 0 bridgehead atoms. The molecule has 0 fully saturated rings. The summed E-state index contributed by atoms with van der Waals surface area (Å²) in [4.78, 5) is 4.43. The Hall–Kier alpha value is -1.53. The van der Waals surface area contributed by atoms with Gasteiger partial charge in [-0.1, -0.05) is 0 Å². The monoisotopic (exact) mass is 270 g/mol. The van der Waals surface area contributed by atoms with E-state index in [1.807, 2.05) is 12.4 Å². The first-order valence-electron chi connectivity index (χ1n) is 5.33. The summed E-state index contributed by atoms with van der Waals surface area (Å²) < 4.78 is 28.3. The van der Waals surface area contributed by atoms with E-state index in [1.54, 1.807) is 12.1 Å². The van der Waals surface area contributed by atoms with Gasteiger partial charge in [-0.25, -0.2) is 4.98 Å². The summed E-state index contributed by atoms with van der Waals surface area (Å²) in [6.07, 6.45) is 0. The maximum Gasteiger partial charge on any atom is 0.387 e. The quantitative estimate of drug-likeness (QED) is 0.906. The molecule has 0 saturated heterocycles. The Bertz CT molecular complexity index is 499. The van der Waals surface area contributed by atoms with Gasteiger partial charge < -0.3 is 10.1 Å². The van der Waals surface area contributed by atoms with Crippen LogP contribution < -0.4 is 10.1 Å². The molecular formula is C12H12F2N2OS. The van der Waals surface area contributed by atoms with Crippen LogP contribution in [-0.4, -0.2) is 18.6 Å². The molecule has 2 aromatic rings. The third kappa shape index (κ3) is 3.24. The Labute approximate surface area is 107 Å². The average Bonchev–Trinajstić information content (AvgIpc) is 2.78. The number of hydrogen-bond acceptors (Lipinski definition) is 4. The van der Waals surface area contributed by atoms with Gasteiger partial charge in [0.25, 0.3) is 0 Å². The van der Waals surface area contributed by atoms with E-state index in [0.29, 0.717) is 6.54 Å². The number of ether oxygens (including phenoxy) is 1. The lowest BCUT2D eigenvalue weighted by Gasteiger charge is -2.04. The Balaban J connectivity index is 2.12. The second-order valence-electron chi connectivity index (χ2n) is 3.58. The summed E-state index contributed by atoms with van der Waals surface area (Å²) >= 11 is 1.52. The summed E-state index contributed by atoms with van der Waals surface area (Å²) in [6.45, 7) is -2.08. The normalized spacial score (nSPS) is 10.9. The zero-order valence-electron chi connectivity index (χ0n) is 9.69. The number of benzene rings is 1. The molecule has 6 heteroatoms. The van der Waals surface area contributed by atoms with Crippen LogP contribution in [-0.2, 0) is 6.54 Å². The summed E-state index contributed by atoms with van der Waals surface area (Å²) in [5.74, 6) is 0.153. The van der Waals surface area contributed by atoms with E-state index in [-0.39, 0.29) is 5.75 Å². The van der Waals surface area contributed by atoms with Gasteiger partial charge >= 0.3 is 6.61 Å². The number of hydrogen-bond donors (Lipinski definition) is 1. The number of alkyl halides is 2. The number of aromatic nitrogens is 1. The molecule has 1 aromatic carbocycles. The van der Waals surface area contributed by atoms with Crippen LogP contribution in [0.2, 0.25) is 0 Å². The Morgan fingerprint density at radius 1 is 1.33 bits per heavy atom. The van der Waals surface area contributed by atoms with E-state index in [1.165, 1.54) is 23.5 Å². The summed E-state index contributed by atoms with van der Waals surface area (Å²) in [5, 5.41) is 5.85. The van der Waals surface area contributed by atoms with Gasteiger partial charge in [0.15, 0.2) is 0 Å². The molecule has 0 saturated carbocycles. The average molecular weight is 270 g/mol. The Kier molecular flexibility index (Phi) is 4.22. The zero-order chi connectivity index (χ0) is 13.0. The molecule has 1 heterocycles. The molecule has 18 heavy (non-hydrogen) atoms. The molecule has 3 nitrogen and oxygen atoms in total. The number of thiazole rings is 1. The lowest BCUT2D eigenvalue weighted by atomic mass is 10.2.